The zero-order chi connectivity index (χ0) is 12.5. The van der Waals surface area contributed by atoms with Crippen molar-refractivity contribution in [3.05, 3.63) is 18.1 Å². The zero-order valence-corrected chi connectivity index (χ0v) is 10.5. The molecule has 1 atom stereocenters. The summed E-state index contributed by atoms with van der Waals surface area (Å²) in [4.78, 5) is 4.46. The lowest BCUT2D eigenvalue weighted by Crippen LogP contribution is -2.05. The highest BCUT2D eigenvalue weighted by Crippen LogP contribution is 2.26. The minimum absolute atomic E-state index is 0.262. The molecule has 0 radical (unpaired) electrons. The van der Waals surface area contributed by atoms with Crippen LogP contribution in [0.4, 0.5) is 0 Å². The third-order valence-corrected chi connectivity index (χ3v) is 3.12. The molecule has 0 aromatic carbocycles. The molecule has 3 rings (SSSR count). The molecule has 0 saturated carbocycles. The molecule has 96 valence electrons. The van der Waals surface area contributed by atoms with Gasteiger partial charge in [-0.25, -0.2) is 0 Å². The summed E-state index contributed by atoms with van der Waals surface area (Å²) >= 11 is 0. The minimum Gasteiger partial charge on any atom is -0.381 e. The average Bonchev–Trinajstić information content (AvgIpc) is 3.10. The molecule has 1 aliphatic rings. The smallest absolute Gasteiger partial charge is 0.276 e. The van der Waals surface area contributed by atoms with Crippen molar-refractivity contribution in [3.63, 3.8) is 0 Å². The summed E-state index contributed by atoms with van der Waals surface area (Å²) in [5.74, 6) is 1.53. The van der Waals surface area contributed by atoms with Crippen molar-refractivity contribution in [2.24, 2.45) is 0 Å². The highest BCUT2D eigenvalue weighted by Gasteiger charge is 2.24. The Kier molecular flexibility index (Phi) is 2.87. The second-order valence-electron chi connectivity index (χ2n) is 4.77. The van der Waals surface area contributed by atoms with Crippen LogP contribution in [0.2, 0.25) is 0 Å². The van der Waals surface area contributed by atoms with Gasteiger partial charge in [0, 0.05) is 24.8 Å². The van der Waals surface area contributed by atoms with Crippen molar-refractivity contribution >= 4 is 0 Å². The van der Waals surface area contributed by atoms with Crippen LogP contribution in [0, 0.1) is 0 Å². The van der Waals surface area contributed by atoms with Crippen molar-refractivity contribution in [3.8, 4) is 11.6 Å². The topological polar surface area (TPSA) is 66.0 Å². The molecule has 0 unspecified atom stereocenters. The monoisotopic (exact) mass is 248 g/mol. The molecule has 0 spiro atoms. The minimum atomic E-state index is 0.262. The molecular formula is C12H16N4O2. The van der Waals surface area contributed by atoms with E-state index in [0.717, 1.165) is 24.5 Å². The summed E-state index contributed by atoms with van der Waals surface area (Å²) in [7, 11) is 0. The summed E-state index contributed by atoms with van der Waals surface area (Å²) in [6, 6.07) is 2.16. The van der Waals surface area contributed by atoms with Gasteiger partial charge in [0.25, 0.3) is 5.89 Å². The molecule has 6 nitrogen and oxygen atoms in total. The maximum atomic E-state index is 5.33. The lowest BCUT2D eigenvalue weighted by atomic mass is 10.1. The molecule has 0 aliphatic carbocycles. The number of hydrogen-bond acceptors (Lipinski definition) is 5. The van der Waals surface area contributed by atoms with E-state index in [0.29, 0.717) is 12.5 Å². The predicted molar refractivity (Wildman–Crippen MR) is 64.1 cm³/mol. The van der Waals surface area contributed by atoms with Crippen LogP contribution in [0.3, 0.4) is 0 Å². The second kappa shape index (κ2) is 4.53. The molecule has 1 fully saturated rings. The van der Waals surface area contributed by atoms with Gasteiger partial charge in [-0.2, -0.15) is 10.1 Å². The summed E-state index contributed by atoms with van der Waals surface area (Å²) in [5, 5.41) is 8.31. The molecule has 0 amide bonds. The lowest BCUT2D eigenvalue weighted by Gasteiger charge is -2.07. The van der Waals surface area contributed by atoms with Crippen molar-refractivity contribution in [1.82, 2.24) is 19.9 Å². The van der Waals surface area contributed by atoms with E-state index in [2.05, 4.69) is 29.1 Å². The first-order valence-electron chi connectivity index (χ1n) is 6.21. The second-order valence-corrected chi connectivity index (χ2v) is 4.77. The van der Waals surface area contributed by atoms with Crippen LogP contribution >= 0.6 is 0 Å². The number of ether oxygens (including phenoxy) is 1. The molecule has 1 aliphatic heterocycles. The van der Waals surface area contributed by atoms with E-state index in [1.807, 2.05) is 10.7 Å². The molecule has 2 aromatic rings. The first kappa shape index (κ1) is 11.4. The highest BCUT2D eigenvalue weighted by molar-refractivity contribution is 5.46. The standard InChI is InChI=1S/C12H16N4O2/c1-8(2)16-10(3-5-13-16)12-14-11(15-18-12)9-4-6-17-7-9/h3,5,8-9H,4,6-7H2,1-2H3/t9-/m0/s1. The number of aromatic nitrogens is 4. The third-order valence-electron chi connectivity index (χ3n) is 3.12. The largest absolute Gasteiger partial charge is 0.381 e. The van der Waals surface area contributed by atoms with Crippen LogP contribution in [-0.2, 0) is 4.74 Å². The fraction of sp³-hybridized carbons (Fsp3) is 0.583. The van der Waals surface area contributed by atoms with Gasteiger partial charge in [0.2, 0.25) is 0 Å². The fourth-order valence-electron chi connectivity index (χ4n) is 2.14. The fourth-order valence-corrected chi connectivity index (χ4v) is 2.14. The molecular weight excluding hydrogens is 232 g/mol. The van der Waals surface area contributed by atoms with Crippen LogP contribution in [-0.4, -0.2) is 33.1 Å². The molecule has 18 heavy (non-hydrogen) atoms. The number of hydrogen-bond donors (Lipinski definition) is 0. The number of nitrogens with zero attached hydrogens (tertiary/aromatic N) is 4. The van der Waals surface area contributed by atoms with Gasteiger partial charge in [-0.15, -0.1) is 0 Å². The van der Waals surface area contributed by atoms with Gasteiger partial charge in [0.05, 0.1) is 6.61 Å². The van der Waals surface area contributed by atoms with Gasteiger partial charge < -0.3 is 9.26 Å². The van der Waals surface area contributed by atoms with E-state index in [1.54, 1.807) is 6.20 Å². The van der Waals surface area contributed by atoms with E-state index >= 15 is 0 Å². The van der Waals surface area contributed by atoms with Gasteiger partial charge >= 0.3 is 0 Å². The Labute approximate surface area is 105 Å². The summed E-state index contributed by atoms with van der Waals surface area (Å²) in [5.41, 5.74) is 0.864. The zero-order valence-electron chi connectivity index (χ0n) is 10.5. The quantitative estimate of drug-likeness (QED) is 0.831. The Morgan fingerprint density at radius 3 is 3.06 bits per heavy atom. The first-order chi connectivity index (χ1) is 8.75. The molecule has 0 N–H and O–H groups in total. The molecule has 2 aromatic heterocycles. The van der Waals surface area contributed by atoms with Crippen LogP contribution in [0.1, 0.15) is 38.1 Å². The van der Waals surface area contributed by atoms with Gasteiger partial charge in [-0.05, 0) is 26.3 Å². The molecule has 6 heteroatoms. The van der Waals surface area contributed by atoms with E-state index < -0.39 is 0 Å². The Morgan fingerprint density at radius 1 is 1.44 bits per heavy atom. The SMILES string of the molecule is CC(C)n1nccc1-c1nc([C@H]2CCOC2)no1. The van der Waals surface area contributed by atoms with Gasteiger partial charge in [-0.1, -0.05) is 5.16 Å². The summed E-state index contributed by atoms with van der Waals surface area (Å²) in [6.07, 6.45) is 2.71. The van der Waals surface area contributed by atoms with E-state index in [9.17, 15) is 0 Å². The van der Waals surface area contributed by atoms with Crippen molar-refractivity contribution < 1.29 is 9.26 Å². The maximum Gasteiger partial charge on any atom is 0.276 e. The third kappa shape index (κ3) is 1.92. The van der Waals surface area contributed by atoms with Crippen LogP contribution in [0.5, 0.6) is 0 Å². The van der Waals surface area contributed by atoms with E-state index in [-0.39, 0.29) is 12.0 Å². The average molecular weight is 248 g/mol. The Morgan fingerprint density at radius 2 is 2.33 bits per heavy atom. The van der Waals surface area contributed by atoms with Crippen LogP contribution < -0.4 is 0 Å². The van der Waals surface area contributed by atoms with Gasteiger partial charge in [0.15, 0.2) is 5.82 Å². The van der Waals surface area contributed by atoms with Gasteiger partial charge in [0.1, 0.15) is 5.69 Å². The maximum absolute atomic E-state index is 5.33. The van der Waals surface area contributed by atoms with E-state index in [1.165, 1.54) is 0 Å². The molecule has 1 saturated heterocycles. The molecule has 3 heterocycles. The van der Waals surface area contributed by atoms with Crippen molar-refractivity contribution in [2.45, 2.75) is 32.2 Å². The highest BCUT2D eigenvalue weighted by atomic mass is 16.5. The van der Waals surface area contributed by atoms with Crippen molar-refractivity contribution in [2.75, 3.05) is 13.2 Å². The van der Waals surface area contributed by atoms with Crippen molar-refractivity contribution in [1.29, 1.82) is 0 Å². The van der Waals surface area contributed by atoms with Crippen LogP contribution in [0.15, 0.2) is 16.8 Å². The predicted octanol–water partition coefficient (Wildman–Crippen LogP) is 2.02. The number of rotatable bonds is 3. The van der Waals surface area contributed by atoms with Gasteiger partial charge in [-0.3, -0.25) is 4.68 Å². The van der Waals surface area contributed by atoms with E-state index in [4.69, 9.17) is 9.26 Å². The Balaban J connectivity index is 1.90. The summed E-state index contributed by atoms with van der Waals surface area (Å²) < 4.78 is 12.5. The normalized spacial score (nSPS) is 19.8. The van der Waals surface area contributed by atoms with Crippen LogP contribution in [0.25, 0.3) is 11.6 Å². The Bertz CT molecular complexity index is 526. The first-order valence-corrected chi connectivity index (χ1v) is 6.21. The Hall–Kier alpha value is -1.69. The molecule has 0 bridgehead atoms. The lowest BCUT2D eigenvalue weighted by molar-refractivity contribution is 0.192. The summed E-state index contributed by atoms with van der Waals surface area (Å²) in [6.45, 7) is 5.60.